The maximum Gasteiger partial charge on any atom is 0.171 e. The Labute approximate surface area is 127 Å². The first kappa shape index (κ1) is 14.3. The lowest BCUT2D eigenvalue weighted by Gasteiger charge is -2.24. The number of anilines is 1. The molecule has 0 atom stereocenters. The molecule has 1 aliphatic carbocycles. The third kappa shape index (κ3) is 4.19. The van der Waals surface area contributed by atoms with E-state index in [1.807, 2.05) is 6.07 Å². The Morgan fingerprint density at radius 3 is 2.68 bits per heavy atom. The zero-order valence-corrected chi connectivity index (χ0v) is 13.0. The molecule has 3 nitrogen and oxygen atoms in total. The van der Waals surface area contributed by atoms with Gasteiger partial charge in [0.25, 0.3) is 0 Å². The molecule has 0 bridgehead atoms. The van der Waals surface area contributed by atoms with Gasteiger partial charge in [-0.15, -0.1) is 0 Å². The van der Waals surface area contributed by atoms with E-state index >= 15 is 0 Å². The Morgan fingerprint density at radius 2 is 2.05 bits per heavy atom. The van der Waals surface area contributed by atoms with Gasteiger partial charge in [0.15, 0.2) is 5.11 Å². The molecule has 5 heteroatoms. The Balaban J connectivity index is 1.93. The topological polar surface area (TPSA) is 47.9 Å². The molecular formula is C14H16BrN3S. The molecular weight excluding hydrogens is 322 g/mol. The number of halogens is 1. The van der Waals surface area contributed by atoms with Crippen LogP contribution in [0.15, 0.2) is 22.7 Å². The molecule has 0 spiro atoms. The fraction of sp³-hybridized carbons (Fsp3) is 0.429. The first-order valence-corrected chi connectivity index (χ1v) is 7.66. The van der Waals surface area contributed by atoms with Crippen LogP contribution >= 0.6 is 28.1 Å². The van der Waals surface area contributed by atoms with E-state index in [0.717, 1.165) is 10.2 Å². The van der Waals surface area contributed by atoms with Gasteiger partial charge < -0.3 is 10.6 Å². The second-order valence-electron chi connectivity index (χ2n) is 4.74. The second kappa shape index (κ2) is 6.88. The van der Waals surface area contributed by atoms with Crippen molar-refractivity contribution in [3.63, 3.8) is 0 Å². The van der Waals surface area contributed by atoms with Crippen molar-refractivity contribution >= 4 is 38.9 Å². The molecule has 0 aliphatic heterocycles. The van der Waals surface area contributed by atoms with Crippen molar-refractivity contribution in [2.45, 2.75) is 38.1 Å². The van der Waals surface area contributed by atoms with Gasteiger partial charge in [0.1, 0.15) is 0 Å². The van der Waals surface area contributed by atoms with E-state index in [0.29, 0.717) is 16.7 Å². The molecule has 0 aromatic heterocycles. The van der Waals surface area contributed by atoms with Crippen LogP contribution in [0.2, 0.25) is 0 Å². The molecule has 2 N–H and O–H groups in total. The SMILES string of the molecule is N#Cc1ccc(NC(=S)NC2CCCCC2)c(Br)c1. The first-order valence-electron chi connectivity index (χ1n) is 6.46. The molecule has 0 unspecified atom stereocenters. The van der Waals surface area contributed by atoms with Crippen molar-refractivity contribution in [1.82, 2.24) is 5.32 Å². The number of rotatable bonds is 2. The molecule has 2 rings (SSSR count). The third-order valence-electron chi connectivity index (χ3n) is 3.29. The lowest BCUT2D eigenvalue weighted by Crippen LogP contribution is -2.38. The summed E-state index contributed by atoms with van der Waals surface area (Å²) in [6.45, 7) is 0. The highest BCUT2D eigenvalue weighted by Crippen LogP contribution is 2.23. The molecule has 0 radical (unpaired) electrons. The van der Waals surface area contributed by atoms with E-state index in [4.69, 9.17) is 17.5 Å². The highest BCUT2D eigenvalue weighted by atomic mass is 79.9. The predicted octanol–water partition coefficient (Wildman–Crippen LogP) is 3.94. The number of nitriles is 1. The average Bonchev–Trinajstić information content (AvgIpc) is 2.42. The summed E-state index contributed by atoms with van der Waals surface area (Å²) < 4.78 is 0.847. The van der Waals surface area contributed by atoms with Crippen molar-refractivity contribution in [1.29, 1.82) is 5.26 Å². The lowest BCUT2D eigenvalue weighted by atomic mass is 9.96. The molecule has 1 saturated carbocycles. The van der Waals surface area contributed by atoms with Crippen LogP contribution in [0.1, 0.15) is 37.7 Å². The van der Waals surface area contributed by atoms with Gasteiger partial charge in [-0.3, -0.25) is 0 Å². The van der Waals surface area contributed by atoms with E-state index in [1.54, 1.807) is 12.1 Å². The molecule has 0 amide bonds. The molecule has 0 saturated heterocycles. The van der Waals surface area contributed by atoms with Crippen LogP contribution in [-0.4, -0.2) is 11.2 Å². The summed E-state index contributed by atoms with van der Waals surface area (Å²) in [6, 6.07) is 8.02. The minimum absolute atomic E-state index is 0.492. The van der Waals surface area contributed by atoms with Crippen LogP contribution in [0.5, 0.6) is 0 Å². The number of benzene rings is 1. The van der Waals surface area contributed by atoms with Crippen molar-refractivity contribution < 1.29 is 0 Å². The van der Waals surface area contributed by atoms with Gasteiger partial charge in [0, 0.05) is 10.5 Å². The zero-order valence-electron chi connectivity index (χ0n) is 10.6. The standard InChI is InChI=1S/C14H16BrN3S/c15-12-8-10(9-16)6-7-13(12)18-14(19)17-11-4-2-1-3-5-11/h6-8,11H,1-5H2,(H2,17,18,19). The summed E-state index contributed by atoms with van der Waals surface area (Å²) in [5, 5.41) is 16.0. The molecule has 1 fully saturated rings. The maximum atomic E-state index is 8.82. The highest BCUT2D eigenvalue weighted by Gasteiger charge is 2.14. The summed E-state index contributed by atoms with van der Waals surface area (Å²) in [4.78, 5) is 0. The summed E-state index contributed by atoms with van der Waals surface area (Å²) >= 11 is 8.77. The van der Waals surface area contributed by atoms with Gasteiger partial charge >= 0.3 is 0 Å². The van der Waals surface area contributed by atoms with Crippen molar-refractivity contribution in [3.05, 3.63) is 28.2 Å². The third-order valence-corrected chi connectivity index (χ3v) is 4.16. The lowest BCUT2D eigenvalue weighted by molar-refractivity contribution is 0.415. The number of nitrogens with zero attached hydrogens (tertiary/aromatic N) is 1. The van der Waals surface area contributed by atoms with Crippen LogP contribution < -0.4 is 10.6 Å². The molecule has 1 aromatic rings. The van der Waals surface area contributed by atoms with Gasteiger partial charge in [-0.05, 0) is 59.2 Å². The van der Waals surface area contributed by atoms with Gasteiger partial charge in [-0.25, -0.2) is 0 Å². The van der Waals surface area contributed by atoms with Crippen LogP contribution in [0.3, 0.4) is 0 Å². The molecule has 19 heavy (non-hydrogen) atoms. The number of hydrogen-bond acceptors (Lipinski definition) is 2. The van der Waals surface area contributed by atoms with E-state index < -0.39 is 0 Å². The van der Waals surface area contributed by atoms with E-state index in [2.05, 4.69) is 32.6 Å². The van der Waals surface area contributed by atoms with E-state index in [9.17, 15) is 0 Å². The van der Waals surface area contributed by atoms with Crippen molar-refractivity contribution in [2.75, 3.05) is 5.32 Å². The maximum absolute atomic E-state index is 8.82. The highest BCUT2D eigenvalue weighted by molar-refractivity contribution is 9.10. The minimum atomic E-state index is 0.492. The number of thiocarbonyl (C=S) groups is 1. The molecule has 1 aromatic carbocycles. The normalized spacial score (nSPS) is 15.6. The van der Waals surface area contributed by atoms with Gasteiger partial charge in [-0.2, -0.15) is 5.26 Å². The predicted molar refractivity (Wildman–Crippen MR) is 85.1 cm³/mol. The fourth-order valence-corrected chi connectivity index (χ4v) is 3.03. The number of nitrogens with one attached hydrogen (secondary N) is 2. The van der Waals surface area contributed by atoms with Gasteiger partial charge in [-0.1, -0.05) is 19.3 Å². The van der Waals surface area contributed by atoms with Crippen molar-refractivity contribution in [2.24, 2.45) is 0 Å². The van der Waals surface area contributed by atoms with Crippen LogP contribution in [-0.2, 0) is 0 Å². The Kier molecular flexibility index (Phi) is 5.17. The summed E-state index contributed by atoms with van der Waals surface area (Å²) in [7, 11) is 0. The first-order chi connectivity index (χ1) is 9.19. The molecule has 0 heterocycles. The van der Waals surface area contributed by atoms with Crippen molar-refractivity contribution in [3.8, 4) is 6.07 Å². The average molecular weight is 338 g/mol. The monoisotopic (exact) mass is 337 g/mol. The van der Waals surface area contributed by atoms with Crippen LogP contribution in [0.4, 0.5) is 5.69 Å². The van der Waals surface area contributed by atoms with E-state index in [-0.39, 0.29) is 0 Å². The Hall–Kier alpha value is -1.12. The largest absolute Gasteiger partial charge is 0.360 e. The van der Waals surface area contributed by atoms with Gasteiger partial charge in [0.2, 0.25) is 0 Å². The fourth-order valence-electron chi connectivity index (χ4n) is 2.28. The smallest absolute Gasteiger partial charge is 0.171 e. The minimum Gasteiger partial charge on any atom is -0.360 e. The van der Waals surface area contributed by atoms with Gasteiger partial charge in [0.05, 0.1) is 17.3 Å². The van der Waals surface area contributed by atoms with Crippen LogP contribution in [0, 0.1) is 11.3 Å². The Bertz CT molecular complexity index is 504. The zero-order chi connectivity index (χ0) is 13.7. The van der Waals surface area contributed by atoms with Crippen LogP contribution in [0.25, 0.3) is 0 Å². The Morgan fingerprint density at radius 1 is 1.32 bits per heavy atom. The summed E-state index contributed by atoms with van der Waals surface area (Å²) in [5.41, 5.74) is 1.51. The molecule has 100 valence electrons. The summed E-state index contributed by atoms with van der Waals surface area (Å²) in [5.74, 6) is 0. The summed E-state index contributed by atoms with van der Waals surface area (Å²) in [6.07, 6.45) is 6.27. The quantitative estimate of drug-likeness (QED) is 0.802. The number of hydrogen-bond donors (Lipinski definition) is 2. The second-order valence-corrected chi connectivity index (χ2v) is 6.00. The van der Waals surface area contributed by atoms with E-state index in [1.165, 1.54) is 32.1 Å². The molecule has 1 aliphatic rings.